The Kier molecular flexibility index (Phi) is 6.29. The SMILES string of the molecule is Cc1nc(Nc2ccccn2)cc(N2CCN(C(=O)c3ccccc3OC(F)(F)F)CC2)n1. The molecule has 0 aliphatic carbocycles. The van der Waals surface area contributed by atoms with Crippen LogP contribution in [0.3, 0.4) is 0 Å². The molecule has 1 aliphatic heterocycles. The van der Waals surface area contributed by atoms with Gasteiger partial charge in [0.1, 0.15) is 29.0 Å². The summed E-state index contributed by atoms with van der Waals surface area (Å²) in [6.07, 6.45) is -3.20. The van der Waals surface area contributed by atoms with Gasteiger partial charge in [-0.05, 0) is 31.2 Å². The van der Waals surface area contributed by atoms with Crippen LogP contribution in [0.15, 0.2) is 54.7 Å². The molecule has 33 heavy (non-hydrogen) atoms. The molecule has 0 atom stereocenters. The fraction of sp³-hybridized carbons (Fsp3) is 0.273. The second-order valence-corrected chi connectivity index (χ2v) is 7.32. The molecule has 0 unspecified atom stereocenters. The van der Waals surface area contributed by atoms with Crippen molar-refractivity contribution in [1.82, 2.24) is 19.9 Å². The van der Waals surface area contributed by atoms with Crippen LogP contribution in [0.5, 0.6) is 5.75 Å². The molecule has 0 bridgehead atoms. The molecule has 3 aromatic rings. The van der Waals surface area contributed by atoms with Gasteiger partial charge < -0.3 is 19.9 Å². The first kappa shape index (κ1) is 22.3. The number of pyridine rings is 1. The summed E-state index contributed by atoms with van der Waals surface area (Å²) in [5.41, 5.74) is -0.122. The minimum absolute atomic E-state index is 0.122. The van der Waals surface area contributed by atoms with Crippen molar-refractivity contribution in [1.29, 1.82) is 0 Å². The Morgan fingerprint density at radius 1 is 1.00 bits per heavy atom. The van der Waals surface area contributed by atoms with Crippen LogP contribution in [0, 0.1) is 6.92 Å². The lowest BCUT2D eigenvalue weighted by molar-refractivity contribution is -0.274. The van der Waals surface area contributed by atoms with Crippen LogP contribution in [0.2, 0.25) is 0 Å². The third-order valence-corrected chi connectivity index (χ3v) is 4.98. The van der Waals surface area contributed by atoms with Crippen LogP contribution in [0.4, 0.5) is 30.6 Å². The molecule has 1 N–H and O–H groups in total. The molecule has 1 aliphatic rings. The van der Waals surface area contributed by atoms with E-state index in [1.165, 1.54) is 23.1 Å². The van der Waals surface area contributed by atoms with E-state index in [0.29, 0.717) is 49.5 Å². The normalized spacial score (nSPS) is 14.2. The van der Waals surface area contributed by atoms with E-state index in [1.807, 2.05) is 23.1 Å². The van der Waals surface area contributed by atoms with Gasteiger partial charge >= 0.3 is 6.36 Å². The van der Waals surface area contributed by atoms with Crippen molar-refractivity contribution < 1.29 is 22.7 Å². The number of benzene rings is 1. The number of ether oxygens (including phenoxy) is 1. The predicted octanol–water partition coefficient (Wildman–Crippen LogP) is 3.78. The number of aryl methyl sites for hydroxylation is 1. The van der Waals surface area contributed by atoms with Crippen LogP contribution in [0.1, 0.15) is 16.2 Å². The van der Waals surface area contributed by atoms with Crippen LogP contribution in [-0.4, -0.2) is 58.3 Å². The summed E-state index contributed by atoms with van der Waals surface area (Å²) >= 11 is 0. The highest BCUT2D eigenvalue weighted by molar-refractivity contribution is 5.97. The number of nitrogens with one attached hydrogen (secondary N) is 1. The van der Waals surface area contributed by atoms with Gasteiger partial charge in [0.15, 0.2) is 0 Å². The Balaban J connectivity index is 1.44. The minimum Gasteiger partial charge on any atom is -0.405 e. The van der Waals surface area contributed by atoms with Gasteiger partial charge in [0.05, 0.1) is 5.56 Å². The molecule has 1 saturated heterocycles. The van der Waals surface area contributed by atoms with Crippen LogP contribution < -0.4 is 15.0 Å². The monoisotopic (exact) mass is 458 g/mol. The van der Waals surface area contributed by atoms with Gasteiger partial charge in [-0.2, -0.15) is 0 Å². The van der Waals surface area contributed by atoms with Gasteiger partial charge in [-0.15, -0.1) is 13.2 Å². The summed E-state index contributed by atoms with van der Waals surface area (Å²) in [5.74, 6) is 1.49. The summed E-state index contributed by atoms with van der Waals surface area (Å²) in [6, 6.07) is 12.7. The first-order valence-electron chi connectivity index (χ1n) is 10.2. The Hall–Kier alpha value is -3.89. The highest BCUT2D eigenvalue weighted by Gasteiger charge is 2.34. The molecule has 11 heteroatoms. The molecular weight excluding hydrogens is 437 g/mol. The van der Waals surface area contributed by atoms with Crippen LogP contribution in [-0.2, 0) is 0 Å². The highest BCUT2D eigenvalue weighted by atomic mass is 19.4. The van der Waals surface area contributed by atoms with E-state index in [-0.39, 0.29) is 5.56 Å². The van der Waals surface area contributed by atoms with Gasteiger partial charge in [0, 0.05) is 38.4 Å². The number of nitrogens with zero attached hydrogens (tertiary/aromatic N) is 5. The molecule has 172 valence electrons. The Bertz CT molecular complexity index is 1120. The Morgan fingerprint density at radius 3 is 2.42 bits per heavy atom. The number of rotatable bonds is 5. The molecular formula is C22H21F3N6O2. The van der Waals surface area contributed by atoms with E-state index in [1.54, 1.807) is 19.2 Å². The van der Waals surface area contributed by atoms with Crippen molar-refractivity contribution in [2.24, 2.45) is 0 Å². The minimum atomic E-state index is -4.87. The first-order valence-corrected chi connectivity index (χ1v) is 10.2. The largest absolute Gasteiger partial charge is 0.573 e. The number of hydrogen-bond acceptors (Lipinski definition) is 7. The molecule has 3 heterocycles. The predicted molar refractivity (Wildman–Crippen MR) is 116 cm³/mol. The standard InChI is InChI=1S/C22H21F3N6O2/c1-15-27-19(29-18-8-4-5-9-26-18)14-20(28-15)30-10-12-31(13-11-30)21(32)16-6-2-3-7-17(16)33-22(23,24)25/h2-9,14H,10-13H2,1H3,(H,26,27,28,29). The van der Waals surface area contributed by atoms with Crippen molar-refractivity contribution in [2.45, 2.75) is 13.3 Å². The number of alkyl halides is 3. The molecule has 0 radical (unpaired) electrons. The summed E-state index contributed by atoms with van der Waals surface area (Å²) in [4.78, 5) is 29.5. The van der Waals surface area contributed by atoms with E-state index in [4.69, 9.17) is 0 Å². The van der Waals surface area contributed by atoms with E-state index in [2.05, 4.69) is 25.0 Å². The number of carbonyl (C=O) groups excluding carboxylic acids is 1. The van der Waals surface area contributed by atoms with Gasteiger partial charge in [-0.1, -0.05) is 18.2 Å². The van der Waals surface area contributed by atoms with Gasteiger partial charge in [-0.25, -0.2) is 15.0 Å². The van der Waals surface area contributed by atoms with Gasteiger partial charge in [0.25, 0.3) is 5.91 Å². The zero-order valence-corrected chi connectivity index (χ0v) is 17.7. The fourth-order valence-electron chi connectivity index (χ4n) is 3.51. The summed E-state index contributed by atoms with van der Waals surface area (Å²) < 4.78 is 42.1. The summed E-state index contributed by atoms with van der Waals surface area (Å²) in [6.45, 7) is 3.36. The first-order chi connectivity index (χ1) is 15.8. The van der Waals surface area contributed by atoms with Crippen molar-refractivity contribution in [2.75, 3.05) is 36.4 Å². The molecule has 1 aromatic carbocycles. The number of hydrogen-bond donors (Lipinski definition) is 1. The van der Waals surface area contributed by atoms with Crippen molar-refractivity contribution >= 4 is 23.4 Å². The summed E-state index contributed by atoms with van der Waals surface area (Å²) in [5, 5.41) is 3.14. The van der Waals surface area contributed by atoms with Crippen molar-refractivity contribution in [3.63, 3.8) is 0 Å². The van der Waals surface area contributed by atoms with Gasteiger partial charge in [-0.3, -0.25) is 4.79 Å². The third-order valence-electron chi connectivity index (χ3n) is 4.98. The van der Waals surface area contributed by atoms with Gasteiger partial charge in [0.2, 0.25) is 0 Å². The topological polar surface area (TPSA) is 83.5 Å². The van der Waals surface area contributed by atoms with Crippen molar-refractivity contribution in [3.8, 4) is 5.75 Å². The zero-order valence-electron chi connectivity index (χ0n) is 17.7. The molecule has 1 amide bonds. The van der Waals surface area contributed by atoms with Crippen LogP contribution >= 0.6 is 0 Å². The van der Waals surface area contributed by atoms with E-state index < -0.39 is 18.0 Å². The molecule has 0 spiro atoms. The fourth-order valence-corrected chi connectivity index (χ4v) is 3.51. The quantitative estimate of drug-likeness (QED) is 0.623. The number of halogens is 3. The second-order valence-electron chi connectivity index (χ2n) is 7.32. The molecule has 1 fully saturated rings. The molecule has 2 aromatic heterocycles. The maximum absolute atomic E-state index is 12.9. The molecule has 4 rings (SSSR count). The average Bonchev–Trinajstić information content (AvgIpc) is 2.78. The smallest absolute Gasteiger partial charge is 0.405 e. The third kappa shape index (κ3) is 5.68. The summed E-state index contributed by atoms with van der Waals surface area (Å²) in [7, 11) is 0. The van der Waals surface area contributed by atoms with Crippen LogP contribution in [0.25, 0.3) is 0 Å². The number of para-hydroxylation sites is 1. The lowest BCUT2D eigenvalue weighted by atomic mass is 10.1. The highest BCUT2D eigenvalue weighted by Crippen LogP contribution is 2.28. The lowest BCUT2D eigenvalue weighted by Crippen LogP contribution is -2.49. The second kappa shape index (κ2) is 9.31. The number of amides is 1. The maximum Gasteiger partial charge on any atom is 0.573 e. The number of piperazine rings is 1. The average molecular weight is 458 g/mol. The Labute approximate surface area is 188 Å². The molecule has 0 saturated carbocycles. The zero-order chi connectivity index (χ0) is 23.4. The number of carbonyl (C=O) groups is 1. The maximum atomic E-state index is 12.9. The van der Waals surface area contributed by atoms with E-state index >= 15 is 0 Å². The lowest BCUT2D eigenvalue weighted by Gasteiger charge is -2.35. The van der Waals surface area contributed by atoms with E-state index in [0.717, 1.165) is 6.07 Å². The van der Waals surface area contributed by atoms with Crippen molar-refractivity contribution in [3.05, 3.63) is 66.1 Å². The van der Waals surface area contributed by atoms with E-state index in [9.17, 15) is 18.0 Å². The number of aromatic nitrogens is 3. The molecule has 8 nitrogen and oxygen atoms in total. The number of anilines is 3. The Morgan fingerprint density at radius 2 is 1.73 bits per heavy atom.